The molecule has 0 N–H and O–H groups in total. The van der Waals surface area contributed by atoms with Gasteiger partial charge in [0.1, 0.15) is 8.07 Å². The molecule has 1 heteroatoms. The summed E-state index contributed by atoms with van der Waals surface area (Å²) in [5.74, 6) is 4.52. The van der Waals surface area contributed by atoms with Crippen LogP contribution >= 0.6 is 0 Å². The Morgan fingerprint density at radius 3 is 2.50 bits per heavy atom. The molecule has 0 saturated heterocycles. The molecule has 0 bridgehead atoms. The highest BCUT2D eigenvalue weighted by molar-refractivity contribution is 6.83. The molecule has 1 aromatic rings. The van der Waals surface area contributed by atoms with E-state index < -0.39 is 8.07 Å². The van der Waals surface area contributed by atoms with E-state index in [0.717, 1.165) is 5.92 Å². The van der Waals surface area contributed by atoms with Crippen molar-refractivity contribution in [3.8, 4) is 11.5 Å². The van der Waals surface area contributed by atoms with Gasteiger partial charge in [0.25, 0.3) is 0 Å². The molecule has 1 aromatic carbocycles. The van der Waals surface area contributed by atoms with Crippen LogP contribution in [0.25, 0.3) is 0 Å². The van der Waals surface area contributed by atoms with Crippen LogP contribution in [-0.4, -0.2) is 8.07 Å². The van der Waals surface area contributed by atoms with Gasteiger partial charge in [-0.15, -0.1) is 11.5 Å². The standard InChI is InChI=1S/C19H28Si/c1-5-6-12-19(13-14-20(2,3)4)16-18(19)15-17-10-8-7-9-11-17/h7-11,18H,5-6,12,15-16H2,1-4H3. The Morgan fingerprint density at radius 2 is 1.90 bits per heavy atom. The van der Waals surface area contributed by atoms with Crippen molar-refractivity contribution in [3.63, 3.8) is 0 Å². The molecule has 0 spiro atoms. The Bertz CT molecular complexity index is 486. The second-order valence-electron chi connectivity index (χ2n) is 7.35. The van der Waals surface area contributed by atoms with Crippen LogP contribution in [-0.2, 0) is 6.42 Å². The minimum Gasteiger partial charge on any atom is -0.131 e. The van der Waals surface area contributed by atoms with Crippen LogP contribution in [0.3, 0.4) is 0 Å². The van der Waals surface area contributed by atoms with E-state index in [1.807, 2.05) is 0 Å². The number of hydrogen-bond donors (Lipinski definition) is 0. The Kier molecular flexibility index (Phi) is 4.76. The van der Waals surface area contributed by atoms with Crippen molar-refractivity contribution in [1.82, 2.24) is 0 Å². The van der Waals surface area contributed by atoms with E-state index in [1.165, 1.54) is 37.7 Å². The number of rotatable bonds is 5. The van der Waals surface area contributed by atoms with Crippen LogP contribution in [0.4, 0.5) is 0 Å². The summed E-state index contributed by atoms with van der Waals surface area (Å²) in [6.45, 7) is 9.33. The van der Waals surface area contributed by atoms with E-state index in [0.29, 0.717) is 5.41 Å². The van der Waals surface area contributed by atoms with Gasteiger partial charge in [0.15, 0.2) is 0 Å². The quantitative estimate of drug-likeness (QED) is 0.508. The minimum absolute atomic E-state index is 0.353. The highest BCUT2D eigenvalue weighted by atomic mass is 28.3. The largest absolute Gasteiger partial charge is 0.131 e. The van der Waals surface area contributed by atoms with E-state index in [9.17, 15) is 0 Å². The summed E-state index contributed by atoms with van der Waals surface area (Å²) in [6.07, 6.45) is 6.45. The molecule has 1 saturated carbocycles. The minimum atomic E-state index is -1.25. The highest BCUT2D eigenvalue weighted by Crippen LogP contribution is 2.57. The molecule has 108 valence electrons. The van der Waals surface area contributed by atoms with Crippen LogP contribution in [0.15, 0.2) is 30.3 Å². The fourth-order valence-electron chi connectivity index (χ4n) is 2.87. The van der Waals surface area contributed by atoms with Gasteiger partial charge < -0.3 is 0 Å². The van der Waals surface area contributed by atoms with Gasteiger partial charge in [-0.05, 0) is 30.7 Å². The monoisotopic (exact) mass is 284 g/mol. The van der Waals surface area contributed by atoms with Crippen molar-refractivity contribution in [1.29, 1.82) is 0 Å². The summed E-state index contributed by atoms with van der Waals surface area (Å²) in [7, 11) is -1.25. The third-order valence-electron chi connectivity index (χ3n) is 4.22. The average molecular weight is 285 g/mol. The van der Waals surface area contributed by atoms with Crippen LogP contribution in [0, 0.1) is 22.8 Å². The molecule has 2 atom stereocenters. The molecule has 1 aliphatic rings. The zero-order chi connectivity index (χ0) is 14.6. The highest BCUT2D eigenvalue weighted by Gasteiger charge is 2.51. The normalized spacial score (nSPS) is 24.9. The average Bonchev–Trinajstić information content (AvgIpc) is 3.08. The lowest BCUT2D eigenvalue weighted by molar-refractivity contribution is 0.508. The maximum atomic E-state index is 3.73. The second kappa shape index (κ2) is 6.18. The van der Waals surface area contributed by atoms with Crippen LogP contribution in [0.1, 0.15) is 38.2 Å². The van der Waals surface area contributed by atoms with Crippen molar-refractivity contribution in [3.05, 3.63) is 35.9 Å². The zero-order valence-corrected chi connectivity index (χ0v) is 14.5. The molecule has 20 heavy (non-hydrogen) atoms. The predicted molar refractivity (Wildman–Crippen MR) is 91.3 cm³/mol. The van der Waals surface area contributed by atoms with Gasteiger partial charge in [0, 0.05) is 5.41 Å². The topological polar surface area (TPSA) is 0 Å². The fraction of sp³-hybridized carbons (Fsp3) is 0.579. The molecule has 0 radical (unpaired) electrons. The molecule has 0 aromatic heterocycles. The molecule has 0 nitrogen and oxygen atoms in total. The first kappa shape index (κ1) is 15.4. The molecule has 0 aliphatic heterocycles. The summed E-state index contributed by atoms with van der Waals surface area (Å²) < 4.78 is 0. The third kappa shape index (κ3) is 4.25. The summed E-state index contributed by atoms with van der Waals surface area (Å²) in [6, 6.07) is 10.9. The summed E-state index contributed by atoms with van der Waals surface area (Å²) >= 11 is 0. The summed E-state index contributed by atoms with van der Waals surface area (Å²) in [5, 5.41) is 0. The number of benzene rings is 1. The van der Waals surface area contributed by atoms with Crippen LogP contribution < -0.4 is 0 Å². The summed E-state index contributed by atoms with van der Waals surface area (Å²) in [4.78, 5) is 0. The van der Waals surface area contributed by atoms with E-state index in [-0.39, 0.29) is 0 Å². The molecule has 2 unspecified atom stereocenters. The van der Waals surface area contributed by atoms with Crippen molar-refractivity contribution < 1.29 is 0 Å². The van der Waals surface area contributed by atoms with Gasteiger partial charge in [-0.2, -0.15) is 0 Å². The van der Waals surface area contributed by atoms with Gasteiger partial charge in [-0.25, -0.2) is 0 Å². The first-order valence-electron chi connectivity index (χ1n) is 8.03. The number of hydrogen-bond acceptors (Lipinski definition) is 0. The SMILES string of the molecule is CCCCC1(C#C[Si](C)(C)C)CC1Cc1ccccc1. The molecule has 1 fully saturated rings. The van der Waals surface area contributed by atoms with Crippen molar-refractivity contribution in [2.45, 2.75) is 58.7 Å². The number of unbranched alkanes of at least 4 members (excludes halogenated alkanes) is 1. The first-order valence-corrected chi connectivity index (χ1v) is 11.5. The zero-order valence-electron chi connectivity index (χ0n) is 13.5. The van der Waals surface area contributed by atoms with Gasteiger partial charge in [0.05, 0.1) is 0 Å². The van der Waals surface area contributed by atoms with E-state index in [2.05, 4.69) is 68.4 Å². The van der Waals surface area contributed by atoms with Crippen molar-refractivity contribution in [2.24, 2.45) is 11.3 Å². The molecule has 1 aliphatic carbocycles. The van der Waals surface area contributed by atoms with E-state index >= 15 is 0 Å². The van der Waals surface area contributed by atoms with Crippen molar-refractivity contribution in [2.75, 3.05) is 0 Å². The molecular weight excluding hydrogens is 256 g/mol. The van der Waals surface area contributed by atoms with Crippen LogP contribution in [0.2, 0.25) is 19.6 Å². The predicted octanol–water partition coefficient (Wildman–Crippen LogP) is 5.31. The molecule has 0 heterocycles. The Morgan fingerprint density at radius 1 is 1.20 bits per heavy atom. The Balaban J connectivity index is 2.05. The molecule has 2 rings (SSSR count). The van der Waals surface area contributed by atoms with E-state index in [4.69, 9.17) is 0 Å². The lowest BCUT2D eigenvalue weighted by atomic mass is 9.94. The fourth-order valence-corrected chi connectivity index (χ4v) is 3.50. The smallest absolute Gasteiger partial charge is 0.129 e. The first-order chi connectivity index (χ1) is 9.45. The van der Waals surface area contributed by atoms with Crippen molar-refractivity contribution >= 4 is 8.07 Å². The maximum absolute atomic E-state index is 3.73. The summed E-state index contributed by atoms with van der Waals surface area (Å²) in [5.41, 5.74) is 5.47. The van der Waals surface area contributed by atoms with Gasteiger partial charge in [-0.1, -0.05) is 69.7 Å². The van der Waals surface area contributed by atoms with Crippen LogP contribution in [0.5, 0.6) is 0 Å². The second-order valence-corrected chi connectivity index (χ2v) is 12.1. The van der Waals surface area contributed by atoms with E-state index in [1.54, 1.807) is 0 Å². The van der Waals surface area contributed by atoms with Gasteiger partial charge in [-0.3, -0.25) is 0 Å². The lowest BCUT2D eigenvalue weighted by Crippen LogP contribution is -2.17. The Hall–Kier alpha value is -1.00. The molecule has 0 amide bonds. The Labute approximate surface area is 126 Å². The third-order valence-corrected chi connectivity index (χ3v) is 5.09. The maximum Gasteiger partial charge on any atom is 0.129 e. The molecular formula is C19H28Si. The van der Waals surface area contributed by atoms with Gasteiger partial charge in [0.2, 0.25) is 0 Å². The van der Waals surface area contributed by atoms with Gasteiger partial charge >= 0.3 is 0 Å². The lowest BCUT2D eigenvalue weighted by Gasteiger charge is -2.12.